The maximum absolute atomic E-state index is 13.4. The number of carbonyl (C=O) groups is 1. The van der Waals surface area contributed by atoms with Crippen LogP contribution in [-0.2, 0) is 4.79 Å². The Morgan fingerprint density at radius 1 is 1.53 bits per heavy atom. The van der Waals surface area contributed by atoms with Crippen molar-refractivity contribution in [2.75, 3.05) is 5.32 Å². The molecule has 0 aliphatic rings. The van der Waals surface area contributed by atoms with E-state index in [4.69, 9.17) is 5.73 Å². The number of aromatic nitrogens is 2. The van der Waals surface area contributed by atoms with Crippen molar-refractivity contribution in [1.82, 2.24) is 9.97 Å². The van der Waals surface area contributed by atoms with Crippen LogP contribution in [0.25, 0.3) is 10.9 Å². The molecule has 19 heavy (non-hydrogen) atoms. The molecule has 1 aromatic heterocycles. The van der Waals surface area contributed by atoms with Crippen molar-refractivity contribution < 1.29 is 9.18 Å². The van der Waals surface area contributed by atoms with Crippen molar-refractivity contribution in [2.45, 2.75) is 19.4 Å². The van der Waals surface area contributed by atoms with E-state index in [1.807, 2.05) is 6.92 Å². The molecule has 1 atom stereocenters. The summed E-state index contributed by atoms with van der Waals surface area (Å²) in [6.45, 7) is 1.83. The van der Waals surface area contributed by atoms with E-state index in [1.165, 1.54) is 12.4 Å². The lowest BCUT2D eigenvalue weighted by atomic mass is 10.2. The van der Waals surface area contributed by atoms with Gasteiger partial charge in [0.15, 0.2) is 0 Å². The summed E-state index contributed by atoms with van der Waals surface area (Å²) in [5.74, 6) is -0.411. The second kappa shape index (κ2) is 5.48. The summed E-state index contributed by atoms with van der Waals surface area (Å²) in [6.07, 6.45) is 1.84. The van der Waals surface area contributed by atoms with Gasteiger partial charge in [-0.15, -0.1) is 0 Å². The van der Waals surface area contributed by atoms with Crippen molar-refractivity contribution >= 4 is 38.6 Å². The minimum atomic E-state index is -0.526. The Balaban J connectivity index is 2.49. The monoisotopic (exact) mass is 326 g/mol. The number of hydrogen-bond donors (Lipinski definition) is 2. The molecule has 0 spiro atoms. The molecule has 2 aromatic rings. The third kappa shape index (κ3) is 2.81. The van der Waals surface area contributed by atoms with E-state index in [9.17, 15) is 9.18 Å². The van der Waals surface area contributed by atoms with Crippen LogP contribution >= 0.6 is 15.9 Å². The Morgan fingerprint density at radius 2 is 2.26 bits per heavy atom. The highest BCUT2D eigenvalue weighted by atomic mass is 79.9. The lowest BCUT2D eigenvalue weighted by molar-refractivity contribution is -0.118. The van der Waals surface area contributed by atoms with Crippen LogP contribution < -0.4 is 11.1 Å². The highest BCUT2D eigenvalue weighted by molar-refractivity contribution is 9.10. The highest BCUT2D eigenvalue weighted by Crippen LogP contribution is 2.26. The Bertz CT molecular complexity index is 634. The van der Waals surface area contributed by atoms with Gasteiger partial charge in [0.1, 0.15) is 24.0 Å². The first-order valence-electron chi connectivity index (χ1n) is 5.68. The number of fused-ring (bicyclic) bond motifs is 1. The van der Waals surface area contributed by atoms with Gasteiger partial charge in [-0.25, -0.2) is 14.4 Å². The molecule has 0 aliphatic carbocycles. The number of nitrogens with one attached hydrogen (secondary N) is 1. The zero-order chi connectivity index (χ0) is 14.0. The van der Waals surface area contributed by atoms with Gasteiger partial charge < -0.3 is 11.1 Å². The Labute approximate surface area is 117 Å². The summed E-state index contributed by atoms with van der Waals surface area (Å²) in [4.78, 5) is 19.3. The zero-order valence-electron chi connectivity index (χ0n) is 10.2. The number of benzene rings is 1. The molecule has 5 nitrogen and oxygen atoms in total. The molecule has 1 aromatic carbocycles. The fourth-order valence-electron chi connectivity index (χ4n) is 1.71. The molecule has 1 heterocycles. The molecule has 0 saturated heterocycles. The van der Waals surface area contributed by atoms with E-state index in [2.05, 4.69) is 31.2 Å². The Morgan fingerprint density at radius 3 is 2.89 bits per heavy atom. The standard InChI is InChI=1S/C12H12BrFN4O/c1-2-9(11(15)19)18-12-6-3-7(13)8(14)4-10(6)16-5-17-12/h3-5,9H,2H2,1H3,(H2,15,19)(H,16,17,18). The Hall–Kier alpha value is -1.76. The molecular formula is C12H12BrFN4O. The maximum atomic E-state index is 13.4. The summed E-state index contributed by atoms with van der Waals surface area (Å²) in [5, 5.41) is 3.57. The van der Waals surface area contributed by atoms with Gasteiger partial charge in [-0.05, 0) is 28.4 Å². The van der Waals surface area contributed by atoms with Gasteiger partial charge in [-0.1, -0.05) is 6.92 Å². The summed E-state index contributed by atoms with van der Waals surface area (Å²) < 4.78 is 13.7. The van der Waals surface area contributed by atoms with E-state index in [1.54, 1.807) is 6.07 Å². The molecular weight excluding hydrogens is 315 g/mol. The summed E-state index contributed by atoms with van der Waals surface area (Å²) in [5.41, 5.74) is 5.74. The molecule has 0 radical (unpaired) electrons. The molecule has 7 heteroatoms. The van der Waals surface area contributed by atoms with E-state index in [-0.39, 0.29) is 0 Å². The van der Waals surface area contributed by atoms with Gasteiger partial charge in [0.25, 0.3) is 0 Å². The van der Waals surface area contributed by atoms with Crippen LogP contribution in [0.5, 0.6) is 0 Å². The van der Waals surface area contributed by atoms with Gasteiger partial charge in [-0.2, -0.15) is 0 Å². The average molecular weight is 327 g/mol. The van der Waals surface area contributed by atoms with Crippen LogP contribution in [0.3, 0.4) is 0 Å². The van der Waals surface area contributed by atoms with Crippen LogP contribution in [0.4, 0.5) is 10.2 Å². The van der Waals surface area contributed by atoms with Gasteiger partial charge in [0, 0.05) is 11.5 Å². The number of carbonyl (C=O) groups excluding carboxylic acids is 1. The SMILES string of the molecule is CCC(Nc1ncnc2cc(F)c(Br)cc12)C(N)=O. The van der Waals surface area contributed by atoms with Gasteiger partial charge >= 0.3 is 0 Å². The molecule has 2 rings (SSSR count). The molecule has 0 saturated carbocycles. The first-order chi connectivity index (χ1) is 9.02. The van der Waals surface area contributed by atoms with Crippen LogP contribution in [0.2, 0.25) is 0 Å². The predicted molar refractivity (Wildman–Crippen MR) is 74.1 cm³/mol. The molecule has 100 valence electrons. The second-order valence-electron chi connectivity index (χ2n) is 4.01. The smallest absolute Gasteiger partial charge is 0.239 e. The van der Waals surface area contributed by atoms with Crippen LogP contribution in [-0.4, -0.2) is 21.9 Å². The van der Waals surface area contributed by atoms with Crippen LogP contribution in [0.15, 0.2) is 22.9 Å². The summed E-state index contributed by atoms with van der Waals surface area (Å²) in [6, 6.07) is 2.35. The van der Waals surface area contributed by atoms with Crippen LogP contribution in [0, 0.1) is 5.82 Å². The molecule has 0 fully saturated rings. The fourth-order valence-corrected chi connectivity index (χ4v) is 2.05. The van der Waals surface area contributed by atoms with Crippen molar-refractivity contribution in [1.29, 1.82) is 0 Å². The quantitative estimate of drug-likeness (QED) is 0.902. The third-order valence-corrected chi connectivity index (χ3v) is 3.35. The van der Waals surface area contributed by atoms with E-state index in [0.717, 1.165) is 0 Å². The van der Waals surface area contributed by atoms with Gasteiger partial charge in [0.05, 0.1) is 9.99 Å². The fraction of sp³-hybridized carbons (Fsp3) is 0.250. The number of nitrogens with two attached hydrogens (primary N) is 1. The minimum Gasteiger partial charge on any atom is -0.368 e. The zero-order valence-corrected chi connectivity index (χ0v) is 11.7. The maximum Gasteiger partial charge on any atom is 0.239 e. The predicted octanol–water partition coefficient (Wildman–Crippen LogP) is 2.21. The molecule has 0 bridgehead atoms. The summed E-state index contributed by atoms with van der Waals surface area (Å²) >= 11 is 3.11. The van der Waals surface area contributed by atoms with E-state index < -0.39 is 17.8 Å². The number of rotatable bonds is 4. The minimum absolute atomic E-state index is 0.310. The largest absolute Gasteiger partial charge is 0.368 e. The van der Waals surface area contributed by atoms with Crippen molar-refractivity contribution in [3.8, 4) is 0 Å². The first kappa shape index (κ1) is 13.7. The molecule has 1 unspecified atom stereocenters. The number of hydrogen-bond acceptors (Lipinski definition) is 4. The molecule has 3 N–H and O–H groups in total. The third-order valence-electron chi connectivity index (χ3n) is 2.74. The lowest BCUT2D eigenvalue weighted by Gasteiger charge is -2.15. The summed E-state index contributed by atoms with van der Waals surface area (Å²) in [7, 11) is 0. The van der Waals surface area contributed by atoms with Gasteiger partial charge in [0.2, 0.25) is 5.91 Å². The number of primary amides is 1. The van der Waals surface area contributed by atoms with E-state index >= 15 is 0 Å². The van der Waals surface area contributed by atoms with Crippen molar-refractivity contribution in [3.05, 3.63) is 28.7 Å². The molecule has 1 amide bonds. The number of amides is 1. The van der Waals surface area contributed by atoms with Crippen molar-refractivity contribution in [3.63, 3.8) is 0 Å². The van der Waals surface area contributed by atoms with Crippen LogP contribution in [0.1, 0.15) is 13.3 Å². The lowest BCUT2D eigenvalue weighted by Crippen LogP contribution is -2.35. The second-order valence-corrected chi connectivity index (χ2v) is 4.87. The number of halogens is 2. The first-order valence-corrected chi connectivity index (χ1v) is 6.47. The number of anilines is 1. The van der Waals surface area contributed by atoms with E-state index in [0.29, 0.717) is 27.6 Å². The number of nitrogens with zero attached hydrogens (tertiary/aromatic N) is 2. The topological polar surface area (TPSA) is 80.9 Å². The average Bonchev–Trinajstić information content (AvgIpc) is 2.37. The van der Waals surface area contributed by atoms with Gasteiger partial charge in [-0.3, -0.25) is 4.79 Å². The van der Waals surface area contributed by atoms with Crippen molar-refractivity contribution in [2.24, 2.45) is 5.73 Å². The Kier molecular flexibility index (Phi) is 3.94. The molecule has 0 aliphatic heterocycles. The highest BCUT2D eigenvalue weighted by Gasteiger charge is 2.15. The normalized spacial score (nSPS) is 12.4.